The molecule has 1 heterocycles. The number of benzene rings is 2. The maximum Gasteiger partial charge on any atom is 0.262 e. The first kappa shape index (κ1) is 15.4. The number of amides is 3. The van der Waals surface area contributed by atoms with Crippen LogP contribution < -0.4 is 5.32 Å². The van der Waals surface area contributed by atoms with Crippen molar-refractivity contribution in [3.63, 3.8) is 0 Å². The maximum absolute atomic E-state index is 12.2. The second-order valence-electron chi connectivity index (χ2n) is 5.25. The Morgan fingerprint density at radius 2 is 1.70 bits per heavy atom. The van der Waals surface area contributed by atoms with Crippen LogP contribution in [-0.2, 0) is 4.79 Å². The summed E-state index contributed by atoms with van der Waals surface area (Å²) >= 11 is 3.36. The predicted octanol–water partition coefficient (Wildman–Crippen LogP) is 2.99. The lowest BCUT2D eigenvalue weighted by atomic mass is 10.1. The van der Waals surface area contributed by atoms with Gasteiger partial charge in [0.15, 0.2) is 0 Å². The quantitative estimate of drug-likeness (QED) is 0.842. The van der Waals surface area contributed by atoms with Crippen molar-refractivity contribution in [2.24, 2.45) is 0 Å². The second kappa shape index (κ2) is 5.96. The van der Waals surface area contributed by atoms with Gasteiger partial charge in [0.1, 0.15) is 6.54 Å². The third-order valence-electron chi connectivity index (χ3n) is 3.64. The van der Waals surface area contributed by atoms with Gasteiger partial charge in [-0.25, -0.2) is 0 Å². The summed E-state index contributed by atoms with van der Waals surface area (Å²) < 4.78 is 0.911. The van der Waals surface area contributed by atoms with E-state index in [-0.39, 0.29) is 6.54 Å². The summed E-state index contributed by atoms with van der Waals surface area (Å²) in [5, 5.41) is 2.73. The highest BCUT2D eigenvalue weighted by atomic mass is 79.9. The van der Waals surface area contributed by atoms with E-state index in [1.807, 2.05) is 19.1 Å². The van der Waals surface area contributed by atoms with E-state index < -0.39 is 17.7 Å². The molecule has 23 heavy (non-hydrogen) atoms. The first-order valence-corrected chi connectivity index (χ1v) is 7.78. The number of halogens is 1. The van der Waals surface area contributed by atoms with E-state index >= 15 is 0 Å². The van der Waals surface area contributed by atoms with Crippen LogP contribution in [0, 0.1) is 6.92 Å². The number of nitrogens with one attached hydrogen (secondary N) is 1. The highest BCUT2D eigenvalue weighted by Gasteiger charge is 2.36. The Kier molecular flexibility index (Phi) is 4.00. The standard InChI is InChI=1S/C17H13BrN2O3/c1-10-8-11(18)6-7-14(10)19-15(21)9-20-16(22)12-4-2-3-5-13(12)17(20)23/h2-8H,9H2,1H3,(H,19,21). The summed E-state index contributed by atoms with van der Waals surface area (Å²) in [5.74, 6) is -1.29. The van der Waals surface area contributed by atoms with Crippen molar-refractivity contribution in [3.8, 4) is 0 Å². The van der Waals surface area contributed by atoms with Crippen molar-refractivity contribution in [2.75, 3.05) is 11.9 Å². The molecule has 0 atom stereocenters. The lowest BCUT2D eigenvalue weighted by Gasteiger charge is -2.14. The zero-order valence-corrected chi connectivity index (χ0v) is 13.9. The van der Waals surface area contributed by atoms with Gasteiger partial charge in [-0.1, -0.05) is 28.1 Å². The van der Waals surface area contributed by atoms with Gasteiger partial charge in [0.25, 0.3) is 11.8 Å². The Bertz CT molecular complexity index is 797. The molecule has 1 aliphatic heterocycles. The molecule has 0 radical (unpaired) electrons. The summed E-state index contributed by atoms with van der Waals surface area (Å²) in [6, 6.07) is 12.0. The van der Waals surface area contributed by atoms with Crippen LogP contribution >= 0.6 is 15.9 Å². The molecule has 6 heteroatoms. The van der Waals surface area contributed by atoms with E-state index in [1.54, 1.807) is 30.3 Å². The molecule has 0 saturated carbocycles. The molecule has 0 aliphatic carbocycles. The van der Waals surface area contributed by atoms with Gasteiger partial charge in [-0.05, 0) is 42.8 Å². The summed E-state index contributed by atoms with van der Waals surface area (Å²) in [6.45, 7) is 1.56. The number of hydrogen-bond donors (Lipinski definition) is 1. The van der Waals surface area contributed by atoms with E-state index in [1.165, 1.54) is 0 Å². The number of carbonyl (C=O) groups is 3. The number of nitrogens with zero attached hydrogens (tertiary/aromatic N) is 1. The van der Waals surface area contributed by atoms with Gasteiger partial charge < -0.3 is 5.32 Å². The molecule has 2 aromatic rings. The summed E-state index contributed by atoms with van der Waals surface area (Å²) in [4.78, 5) is 37.6. The van der Waals surface area contributed by atoms with E-state index in [9.17, 15) is 14.4 Å². The molecular formula is C17H13BrN2O3. The number of imide groups is 1. The lowest BCUT2D eigenvalue weighted by Crippen LogP contribution is -2.37. The van der Waals surface area contributed by atoms with Crippen molar-refractivity contribution in [2.45, 2.75) is 6.92 Å². The fraction of sp³-hybridized carbons (Fsp3) is 0.118. The Hall–Kier alpha value is -2.47. The SMILES string of the molecule is Cc1cc(Br)ccc1NC(=O)CN1C(=O)c2ccccc2C1=O. The molecule has 0 spiro atoms. The number of fused-ring (bicyclic) bond motifs is 1. The Morgan fingerprint density at radius 3 is 2.26 bits per heavy atom. The van der Waals surface area contributed by atoms with E-state index in [0.717, 1.165) is 14.9 Å². The first-order valence-electron chi connectivity index (χ1n) is 6.98. The van der Waals surface area contributed by atoms with Crippen LogP contribution in [0.15, 0.2) is 46.9 Å². The van der Waals surface area contributed by atoms with Crippen LogP contribution in [0.3, 0.4) is 0 Å². The molecule has 0 aromatic heterocycles. The monoisotopic (exact) mass is 372 g/mol. The summed E-state index contributed by atoms with van der Waals surface area (Å²) in [6.07, 6.45) is 0. The molecule has 116 valence electrons. The number of carbonyl (C=O) groups excluding carboxylic acids is 3. The minimum Gasteiger partial charge on any atom is -0.324 e. The second-order valence-corrected chi connectivity index (χ2v) is 6.17. The fourth-order valence-corrected chi connectivity index (χ4v) is 2.96. The molecule has 1 N–H and O–H groups in total. The van der Waals surface area contributed by atoms with E-state index in [2.05, 4.69) is 21.2 Å². The number of rotatable bonds is 3. The molecule has 0 unspecified atom stereocenters. The van der Waals surface area contributed by atoms with Crippen LogP contribution in [0.2, 0.25) is 0 Å². The van der Waals surface area contributed by atoms with Crippen molar-refractivity contribution in [1.82, 2.24) is 4.90 Å². The van der Waals surface area contributed by atoms with Crippen LogP contribution in [0.4, 0.5) is 5.69 Å². The zero-order chi connectivity index (χ0) is 16.6. The Morgan fingerprint density at radius 1 is 1.09 bits per heavy atom. The molecular weight excluding hydrogens is 360 g/mol. The number of hydrogen-bond acceptors (Lipinski definition) is 3. The third kappa shape index (κ3) is 2.90. The lowest BCUT2D eigenvalue weighted by molar-refractivity contribution is -0.116. The Balaban J connectivity index is 1.74. The van der Waals surface area contributed by atoms with Crippen LogP contribution in [0.25, 0.3) is 0 Å². The van der Waals surface area contributed by atoms with Gasteiger partial charge in [0.2, 0.25) is 5.91 Å². The molecule has 3 rings (SSSR count). The predicted molar refractivity (Wildman–Crippen MR) is 89.3 cm³/mol. The minimum absolute atomic E-state index is 0.304. The third-order valence-corrected chi connectivity index (χ3v) is 4.14. The number of anilines is 1. The van der Waals surface area contributed by atoms with E-state index in [0.29, 0.717) is 16.8 Å². The van der Waals surface area contributed by atoms with Gasteiger partial charge in [-0.2, -0.15) is 0 Å². The molecule has 0 bridgehead atoms. The highest BCUT2D eigenvalue weighted by Crippen LogP contribution is 2.23. The van der Waals surface area contributed by atoms with Crippen LogP contribution in [0.5, 0.6) is 0 Å². The molecule has 1 aliphatic rings. The first-order chi connectivity index (χ1) is 11.0. The highest BCUT2D eigenvalue weighted by molar-refractivity contribution is 9.10. The average molecular weight is 373 g/mol. The van der Waals surface area contributed by atoms with Gasteiger partial charge in [-0.15, -0.1) is 0 Å². The zero-order valence-electron chi connectivity index (χ0n) is 12.3. The smallest absolute Gasteiger partial charge is 0.262 e. The van der Waals surface area contributed by atoms with Gasteiger partial charge >= 0.3 is 0 Å². The average Bonchev–Trinajstić information content (AvgIpc) is 2.76. The van der Waals surface area contributed by atoms with Crippen molar-refractivity contribution in [3.05, 3.63) is 63.6 Å². The van der Waals surface area contributed by atoms with Gasteiger partial charge in [0, 0.05) is 10.2 Å². The van der Waals surface area contributed by atoms with Gasteiger partial charge in [0.05, 0.1) is 11.1 Å². The van der Waals surface area contributed by atoms with Crippen LogP contribution in [0.1, 0.15) is 26.3 Å². The van der Waals surface area contributed by atoms with Crippen molar-refractivity contribution >= 4 is 39.3 Å². The minimum atomic E-state index is -0.437. The van der Waals surface area contributed by atoms with Crippen molar-refractivity contribution < 1.29 is 14.4 Å². The fourth-order valence-electron chi connectivity index (χ4n) is 2.48. The molecule has 2 aromatic carbocycles. The maximum atomic E-state index is 12.2. The van der Waals surface area contributed by atoms with Gasteiger partial charge in [-0.3, -0.25) is 19.3 Å². The Labute approximate surface area is 141 Å². The van der Waals surface area contributed by atoms with Crippen molar-refractivity contribution in [1.29, 1.82) is 0 Å². The summed E-state index contributed by atoms with van der Waals surface area (Å²) in [7, 11) is 0. The normalized spacial score (nSPS) is 13.2. The molecule has 5 nitrogen and oxygen atoms in total. The van der Waals surface area contributed by atoms with E-state index in [4.69, 9.17) is 0 Å². The largest absolute Gasteiger partial charge is 0.324 e. The molecule has 3 amide bonds. The molecule has 0 fully saturated rings. The number of aryl methyl sites for hydroxylation is 1. The molecule has 0 saturated heterocycles. The topological polar surface area (TPSA) is 66.5 Å². The van der Waals surface area contributed by atoms with Crippen LogP contribution in [-0.4, -0.2) is 29.2 Å². The summed E-state index contributed by atoms with van der Waals surface area (Å²) in [5.41, 5.74) is 2.21.